The third-order valence-corrected chi connectivity index (χ3v) is 2.08. The third-order valence-electron chi connectivity index (χ3n) is 2.08. The number of phenols is 1. The lowest BCUT2D eigenvalue weighted by Crippen LogP contribution is -2.22. The molecule has 0 radical (unpaired) electrons. The number of halogens is 1. The van der Waals surface area contributed by atoms with E-state index in [1.165, 1.54) is 7.11 Å². The largest absolute Gasteiger partial charge is 0.504 e. The van der Waals surface area contributed by atoms with Gasteiger partial charge in [0.25, 0.3) is 0 Å². The van der Waals surface area contributed by atoms with Gasteiger partial charge in [-0.2, -0.15) is 0 Å². The zero-order chi connectivity index (χ0) is 12.3. The highest BCUT2D eigenvalue weighted by Crippen LogP contribution is 2.34. The van der Waals surface area contributed by atoms with Gasteiger partial charge in [-0.3, -0.25) is 4.79 Å². The maximum atomic E-state index is 13.1. The van der Waals surface area contributed by atoms with E-state index < -0.39 is 17.8 Å². The molecular weight excluding hydrogens is 217 g/mol. The van der Waals surface area contributed by atoms with E-state index >= 15 is 0 Å². The molecule has 0 aliphatic carbocycles. The van der Waals surface area contributed by atoms with E-state index in [4.69, 9.17) is 10.5 Å². The second-order valence-electron chi connectivity index (χ2n) is 3.05. The number of carbonyl (C=O) groups excluding carboxylic acids is 1. The van der Waals surface area contributed by atoms with Crippen LogP contribution in [0.5, 0.6) is 11.5 Å². The lowest BCUT2D eigenvalue weighted by molar-refractivity contribution is -0.142. The fourth-order valence-corrected chi connectivity index (χ4v) is 1.24. The van der Waals surface area contributed by atoms with Gasteiger partial charge in [-0.25, -0.2) is 4.39 Å². The minimum absolute atomic E-state index is 0.0799. The highest BCUT2D eigenvalue weighted by atomic mass is 19.1. The Balaban J connectivity index is 3.22. The number of hydrogen-bond donors (Lipinski definition) is 2. The Bertz CT molecular complexity index is 408. The predicted molar refractivity (Wildman–Crippen MR) is 53.6 cm³/mol. The SMILES string of the molecule is COC(=O)[C@H](N)c1cc(F)cc(OC)c1O. The molecule has 0 fully saturated rings. The second-order valence-corrected chi connectivity index (χ2v) is 3.05. The van der Waals surface area contributed by atoms with Crippen LogP contribution in [0, 0.1) is 5.82 Å². The van der Waals surface area contributed by atoms with Gasteiger partial charge in [0.2, 0.25) is 0 Å². The van der Waals surface area contributed by atoms with Crippen molar-refractivity contribution < 1.29 is 23.8 Å². The number of carbonyl (C=O) groups is 1. The summed E-state index contributed by atoms with van der Waals surface area (Å²) in [6.07, 6.45) is 0. The Morgan fingerprint density at radius 2 is 2.12 bits per heavy atom. The lowest BCUT2D eigenvalue weighted by Gasteiger charge is -2.13. The maximum Gasteiger partial charge on any atom is 0.327 e. The first-order valence-corrected chi connectivity index (χ1v) is 4.41. The molecule has 1 rings (SSSR count). The van der Waals surface area contributed by atoms with Crippen molar-refractivity contribution in [2.45, 2.75) is 6.04 Å². The highest BCUT2D eigenvalue weighted by Gasteiger charge is 2.23. The summed E-state index contributed by atoms with van der Waals surface area (Å²) in [6, 6.07) is 0.692. The summed E-state index contributed by atoms with van der Waals surface area (Å²) >= 11 is 0. The predicted octanol–water partition coefficient (Wildman–Crippen LogP) is 0.713. The van der Waals surface area contributed by atoms with Gasteiger partial charge in [-0.15, -0.1) is 0 Å². The molecule has 6 heteroatoms. The van der Waals surface area contributed by atoms with Crippen molar-refractivity contribution in [2.24, 2.45) is 5.73 Å². The molecule has 0 aliphatic heterocycles. The molecule has 3 N–H and O–H groups in total. The maximum absolute atomic E-state index is 13.1. The molecular formula is C10H12FNO4. The summed E-state index contributed by atoms with van der Waals surface area (Å²) < 4.78 is 22.3. The number of phenolic OH excluding ortho intramolecular Hbond substituents is 1. The third kappa shape index (κ3) is 2.22. The van der Waals surface area contributed by atoms with E-state index in [0.717, 1.165) is 19.2 Å². The van der Waals surface area contributed by atoms with Crippen molar-refractivity contribution in [3.05, 3.63) is 23.5 Å². The first-order valence-electron chi connectivity index (χ1n) is 4.41. The normalized spacial score (nSPS) is 12.0. The number of methoxy groups -OCH3 is 2. The quantitative estimate of drug-likeness (QED) is 0.746. The molecule has 88 valence electrons. The van der Waals surface area contributed by atoms with Gasteiger partial charge in [0, 0.05) is 11.6 Å². The highest BCUT2D eigenvalue weighted by molar-refractivity contribution is 5.78. The molecule has 1 aromatic rings. The molecule has 0 spiro atoms. The molecule has 0 amide bonds. The average Bonchev–Trinajstić information content (AvgIpc) is 2.29. The van der Waals surface area contributed by atoms with Crippen molar-refractivity contribution >= 4 is 5.97 Å². The van der Waals surface area contributed by atoms with Crippen LogP contribution in [0.15, 0.2) is 12.1 Å². The molecule has 0 saturated heterocycles. The summed E-state index contributed by atoms with van der Waals surface area (Å²) in [7, 11) is 2.41. The monoisotopic (exact) mass is 229 g/mol. The van der Waals surface area contributed by atoms with Crippen LogP contribution < -0.4 is 10.5 Å². The van der Waals surface area contributed by atoms with Gasteiger partial charge in [0.15, 0.2) is 11.5 Å². The van der Waals surface area contributed by atoms with E-state index in [0.29, 0.717) is 0 Å². The smallest absolute Gasteiger partial charge is 0.327 e. The number of ether oxygens (including phenoxy) is 2. The molecule has 0 bridgehead atoms. The van der Waals surface area contributed by atoms with Crippen LogP contribution in [0.25, 0.3) is 0 Å². The number of rotatable bonds is 3. The number of benzene rings is 1. The molecule has 0 aliphatic rings. The van der Waals surface area contributed by atoms with Gasteiger partial charge in [0.05, 0.1) is 14.2 Å². The average molecular weight is 229 g/mol. The van der Waals surface area contributed by atoms with Crippen LogP contribution in [0.4, 0.5) is 4.39 Å². The van der Waals surface area contributed by atoms with Crippen LogP contribution >= 0.6 is 0 Å². The zero-order valence-corrected chi connectivity index (χ0v) is 8.86. The molecule has 0 unspecified atom stereocenters. The topological polar surface area (TPSA) is 81.8 Å². The van der Waals surface area contributed by atoms with Gasteiger partial charge in [-0.05, 0) is 6.07 Å². The number of aromatic hydroxyl groups is 1. The molecule has 0 aromatic heterocycles. The van der Waals surface area contributed by atoms with Gasteiger partial charge >= 0.3 is 5.97 Å². The Morgan fingerprint density at radius 3 is 2.62 bits per heavy atom. The van der Waals surface area contributed by atoms with Crippen LogP contribution in [-0.4, -0.2) is 25.3 Å². The minimum atomic E-state index is -1.26. The number of nitrogens with two attached hydrogens (primary N) is 1. The molecule has 1 aromatic carbocycles. The van der Waals surface area contributed by atoms with Crippen molar-refractivity contribution in [1.29, 1.82) is 0 Å². The fourth-order valence-electron chi connectivity index (χ4n) is 1.24. The van der Waals surface area contributed by atoms with Crippen molar-refractivity contribution in [3.63, 3.8) is 0 Å². The summed E-state index contributed by atoms with van der Waals surface area (Å²) in [5.41, 5.74) is 5.41. The molecule has 1 atom stereocenters. The molecule has 0 saturated carbocycles. The Kier molecular flexibility index (Phi) is 3.68. The lowest BCUT2D eigenvalue weighted by atomic mass is 10.1. The minimum Gasteiger partial charge on any atom is -0.504 e. The standard InChI is InChI=1S/C10H12FNO4/c1-15-7-4-5(11)3-6(9(7)13)8(12)10(14)16-2/h3-4,8,13H,12H2,1-2H3/t8-/m1/s1. The van der Waals surface area contributed by atoms with E-state index in [1.54, 1.807) is 0 Å². The summed E-state index contributed by atoms with van der Waals surface area (Å²) in [6.45, 7) is 0. The number of esters is 1. The van der Waals surface area contributed by atoms with Gasteiger partial charge in [0.1, 0.15) is 11.9 Å². The van der Waals surface area contributed by atoms with Crippen LogP contribution in [-0.2, 0) is 9.53 Å². The van der Waals surface area contributed by atoms with Crippen molar-refractivity contribution in [1.82, 2.24) is 0 Å². The van der Waals surface area contributed by atoms with Gasteiger partial charge in [-0.1, -0.05) is 0 Å². The van der Waals surface area contributed by atoms with E-state index in [2.05, 4.69) is 4.74 Å². The first-order chi connectivity index (χ1) is 7.51. The fraction of sp³-hybridized carbons (Fsp3) is 0.300. The second kappa shape index (κ2) is 4.80. The zero-order valence-electron chi connectivity index (χ0n) is 8.86. The van der Waals surface area contributed by atoms with Crippen LogP contribution in [0.2, 0.25) is 0 Å². The van der Waals surface area contributed by atoms with E-state index in [-0.39, 0.29) is 17.1 Å². The summed E-state index contributed by atoms with van der Waals surface area (Å²) in [5.74, 6) is -1.90. The van der Waals surface area contributed by atoms with Crippen LogP contribution in [0.3, 0.4) is 0 Å². The van der Waals surface area contributed by atoms with E-state index in [9.17, 15) is 14.3 Å². The Labute approximate surface area is 91.6 Å². The first kappa shape index (κ1) is 12.3. The Hall–Kier alpha value is -1.82. The molecule has 16 heavy (non-hydrogen) atoms. The summed E-state index contributed by atoms with van der Waals surface area (Å²) in [4.78, 5) is 11.2. The molecule has 5 nitrogen and oxygen atoms in total. The Morgan fingerprint density at radius 1 is 1.50 bits per heavy atom. The molecule has 0 heterocycles. The van der Waals surface area contributed by atoms with Crippen molar-refractivity contribution in [2.75, 3.05) is 14.2 Å². The van der Waals surface area contributed by atoms with Crippen LogP contribution in [0.1, 0.15) is 11.6 Å². The van der Waals surface area contributed by atoms with Gasteiger partial charge < -0.3 is 20.3 Å². The van der Waals surface area contributed by atoms with Crippen molar-refractivity contribution in [3.8, 4) is 11.5 Å². The summed E-state index contributed by atoms with van der Waals surface area (Å²) in [5, 5.41) is 9.65. The number of hydrogen-bond acceptors (Lipinski definition) is 5. The van der Waals surface area contributed by atoms with E-state index in [1.807, 2.05) is 0 Å².